The van der Waals surface area contributed by atoms with Crippen LogP contribution >= 0.6 is 20.6 Å². The molecule has 1 aromatic carbocycles. The monoisotopic (exact) mass is 524 g/mol. The van der Waals surface area contributed by atoms with Crippen molar-refractivity contribution in [2.45, 2.75) is 59.6 Å². The Morgan fingerprint density at radius 2 is 1.97 bits per heavy atom. The van der Waals surface area contributed by atoms with Gasteiger partial charge in [-0.3, -0.25) is 19.5 Å². The molecule has 1 N–H and O–H groups in total. The van der Waals surface area contributed by atoms with Crippen LogP contribution in [0.2, 0.25) is 0 Å². The number of carbonyl (C=O) groups excluding carboxylic acids is 2. The molecule has 0 saturated heterocycles. The molecule has 9 heteroatoms. The number of nitrogens with one attached hydrogen (secondary N) is 1. The molecule has 7 nitrogen and oxygen atoms in total. The Labute approximate surface area is 218 Å². The molecule has 3 aromatic rings. The summed E-state index contributed by atoms with van der Waals surface area (Å²) in [7, 11) is 2.57. The number of hydrogen-bond acceptors (Lipinski definition) is 6. The SMILES string of the molecule is CCC1(C)CCC1NC(=O)c1nc(N(C(=O)COCc2ccccc2)c2cc(C)nc(P)c2)sc1C. The first-order valence-corrected chi connectivity index (χ1v) is 13.6. The Hall–Kier alpha value is -2.67. The van der Waals surface area contributed by atoms with E-state index in [2.05, 4.69) is 38.4 Å². The molecule has 1 aliphatic rings. The maximum absolute atomic E-state index is 13.4. The maximum Gasteiger partial charge on any atom is 0.271 e. The predicted molar refractivity (Wildman–Crippen MR) is 147 cm³/mol. The topological polar surface area (TPSA) is 84.4 Å². The number of carbonyl (C=O) groups is 2. The zero-order chi connectivity index (χ0) is 25.9. The summed E-state index contributed by atoms with van der Waals surface area (Å²) in [4.78, 5) is 37.9. The molecule has 36 heavy (non-hydrogen) atoms. The number of aryl methyl sites for hydroxylation is 2. The Kier molecular flexibility index (Phi) is 8.18. The lowest BCUT2D eigenvalue weighted by Gasteiger charge is -2.47. The number of benzene rings is 1. The lowest BCUT2D eigenvalue weighted by Crippen LogP contribution is -2.53. The lowest BCUT2D eigenvalue weighted by atomic mass is 9.64. The number of rotatable bonds is 9. The van der Waals surface area contributed by atoms with Crippen molar-refractivity contribution < 1.29 is 14.3 Å². The average Bonchev–Trinajstić information content (AvgIpc) is 3.22. The highest BCUT2D eigenvalue weighted by Crippen LogP contribution is 2.43. The second-order valence-corrected chi connectivity index (χ2v) is 11.3. The van der Waals surface area contributed by atoms with Crippen LogP contribution in [0, 0.1) is 19.3 Å². The molecule has 2 aromatic heterocycles. The Balaban J connectivity index is 1.57. The van der Waals surface area contributed by atoms with Gasteiger partial charge in [0.2, 0.25) is 0 Å². The highest BCUT2D eigenvalue weighted by atomic mass is 32.1. The molecule has 0 radical (unpaired) electrons. The van der Waals surface area contributed by atoms with E-state index < -0.39 is 0 Å². The summed E-state index contributed by atoms with van der Waals surface area (Å²) in [6.45, 7) is 8.31. The quantitative estimate of drug-likeness (QED) is 0.405. The molecule has 1 fully saturated rings. The summed E-state index contributed by atoms with van der Waals surface area (Å²) >= 11 is 1.32. The van der Waals surface area contributed by atoms with Crippen molar-refractivity contribution in [3.63, 3.8) is 0 Å². The summed E-state index contributed by atoms with van der Waals surface area (Å²) in [5.41, 5.74) is 3.60. The van der Waals surface area contributed by atoms with E-state index in [0.717, 1.165) is 35.4 Å². The van der Waals surface area contributed by atoms with Crippen molar-refractivity contribution in [1.82, 2.24) is 15.3 Å². The molecule has 190 valence electrons. The van der Waals surface area contributed by atoms with Gasteiger partial charge in [-0.1, -0.05) is 53.4 Å². The van der Waals surface area contributed by atoms with Crippen LogP contribution in [0.25, 0.3) is 0 Å². The third kappa shape index (κ3) is 5.83. The normalized spacial score (nSPS) is 19.0. The number of pyridine rings is 1. The van der Waals surface area contributed by atoms with Gasteiger partial charge in [-0.15, -0.1) is 11.3 Å². The molecule has 1 aliphatic carbocycles. The number of ether oxygens (including phenoxy) is 1. The van der Waals surface area contributed by atoms with Gasteiger partial charge in [0.25, 0.3) is 11.8 Å². The summed E-state index contributed by atoms with van der Waals surface area (Å²) in [6, 6.07) is 13.5. The maximum atomic E-state index is 13.4. The van der Waals surface area contributed by atoms with E-state index in [1.807, 2.05) is 56.3 Å². The lowest BCUT2D eigenvalue weighted by molar-refractivity contribution is -0.122. The standard InChI is InChI=1S/C27H33N4O3PS/c1-5-27(4)12-11-21(27)29-25(33)24-18(3)36-26(30-24)31(20-13-17(2)28-22(35)14-20)23(32)16-34-15-19-9-7-6-8-10-19/h6-10,13-14,21H,5,11-12,15-16,35H2,1-4H3,(H,29,33). The molecule has 3 atom stereocenters. The molecule has 2 heterocycles. The number of aromatic nitrogens is 2. The van der Waals surface area contributed by atoms with Crippen molar-refractivity contribution in [3.05, 3.63) is 64.3 Å². The number of amides is 2. The molecule has 0 bridgehead atoms. The Morgan fingerprint density at radius 3 is 2.61 bits per heavy atom. The summed E-state index contributed by atoms with van der Waals surface area (Å²) in [5, 5.41) is 3.61. The van der Waals surface area contributed by atoms with Crippen molar-refractivity contribution in [2.75, 3.05) is 11.5 Å². The number of thiazole rings is 1. The second kappa shape index (κ2) is 11.2. The van der Waals surface area contributed by atoms with Crippen molar-refractivity contribution in [2.24, 2.45) is 5.41 Å². The minimum atomic E-state index is -0.265. The third-order valence-electron chi connectivity index (χ3n) is 6.95. The van der Waals surface area contributed by atoms with Crippen LogP contribution in [-0.2, 0) is 16.1 Å². The Bertz CT molecular complexity index is 1220. The minimum Gasteiger partial charge on any atom is -0.367 e. The zero-order valence-corrected chi connectivity index (χ0v) is 23.2. The van der Waals surface area contributed by atoms with Crippen LogP contribution in [0.4, 0.5) is 10.8 Å². The molecule has 0 spiro atoms. The fourth-order valence-electron chi connectivity index (χ4n) is 4.43. The van der Waals surface area contributed by atoms with Crippen LogP contribution in [0.1, 0.15) is 59.7 Å². The van der Waals surface area contributed by atoms with Crippen LogP contribution in [-0.4, -0.2) is 34.4 Å². The van der Waals surface area contributed by atoms with Gasteiger partial charge in [-0.25, -0.2) is 4.98 Å². The molecule has 0 aliphatic heterocycles. The smallest absolute Gasteiger partial charge is 0.271 e. The van der Waals surface area contributed by atoms with Crippen LogP contribution in [0.3, 0.4) is 0 Å². The van der Waals surface area contributed by atoms with Crippen LogP contribution in [0.5, 0.6) is 0 Å². The fourth-order valence-corrected chi connectivity index (χ4v) is 5.75. The van der Waals surface area contributed by atoms with Gasteiger partial charge in [0.1, 0.15) is 12.3 Å². The molecule has 1 saturated carbocycles. The van der Waals surface area contributed by atoms with Gasteiger partial charge in [-0.05, 0) is 56.2 Å². The van der Waals surface area contributed by atoms with Crippen molar-refractivity contribution >= 4 is 48.6 Å². The van der Waals surface area contributed by atoms with Gasteiger partial charge in [0, 0.05) is 16.6 Å². The minimum absolute atomic E-state index is 0.125. The van der Waals surface area contributed by atoms with Gasteiger partial charge in [-0.2, -0.15) is 0 Å². The highest BCUT2D eigenvalue weighted by Gasteiger charge is 2.42. The fraction of sp³-hybridized carbons (Fsp3) is 0.407. The van der Waals surface area contributed by atoms with Crippen LogP contribution < -0.4 is 15.7 Å². The van der Waals surface area contributed by atoms with E-state index in [1.54, 1.807) is 0 Å². The van der Waals surface area contributed by atoms with Crippen LogP contribution in [0.15, 0.2) is 42.5 Å². The number of anilines is 2. The second-order valence-electron chi connectivity index (χ2n) is 9.57. The van der Waals surface area contributed by atoms with E-state index in [-0.39, 0.29) is 29.9 Å². The van der Waals surface area contributed by atoms with E-state index in [9.17, 15) is 9.59 Å². The van der Waals surface area contributed by atoms with Gasteiger partial charge >= 0.3 is 0 Å². The summed E-state index contributed by atoms with van der Waals surface area (Å²) in [5.74, 6) is -0.455. The first-order chi connectivity index (χ1) is 17.2. The first kappa shape index (κ1) is 26.4. The highest BCUT2D eigenvalue weighted by molar-refractivity contribution is 7.26. The summed E-state index contributed by atoms with van der Waals surface area (Å²) in [6.07, 6.45) is 3.10. The van der Waals surface area contributed by atoms with Gasteiger partial charge in [0.05, 0.1) is 17.7 Å². The Morgan fingerprint density at radius 1 is 1.22 bits per heavy atom. The molecular weight excluding hydrogens is 491 g/mol. The number of hydrogen-bond donors (Lipinski definition) is 1. The zero-order valence-electron chi connectivity index (χ0n) is 21.2. The average molecular weight is 525 g/mol. The third-order valence-corrected chi connectivity index (χ3v) is 8.20. The number of nitrogens with zero attached hydrogens (tertiary/aromatic N) is 3. The van der Waals surface area contributed by atoms with E-state index in [1.165, 1.54) is 16.2 Å². The predicted octanol–water partition coefficient (Wildman–Crippen LogP) is 4.85. The van der Waals surface area contributed by atoms with E-state index in [0.29, 0.717) is 28.6 Å². The molecular formula is C27H33N4O3PS. The van der Waals surface area contributed by atoms with Gasteiger partial charge in [0.15, 0.2) is 5.13 Å². The molecule has 2 amide bonds. The molecule has 3 unspecified atom stereocenters. The first-order valence-electron chi connectivity index (χ1n) is 12.2. The van der Waals surface area contributed by atoms with E-state index in [4.69, 9.17) is 4.74 Å². The van der Waals surface area contributed by atoms with E-state index >= 15 is 0 Å². The molecule has 4 rings (SSSR count). The summed E-state index contributed by atoms with van der Waals surface area (Å²) < 4.78 is 5.75. The largest absolute Gasteiger partial charge is 0.367 e. The van der Waals surface area contributed by atoms with Gasteiger partial charge < -0.3 is 10.1 Å². The van der Waals surface area contributed by atoms with Crippen molar-refractivity contribution in [1.29, 1.82) is 0 Å². The van der Waals surface area contributed by atoms with Crippen molar-refractivity contribution in [3.8, 4) is 0 Å².